The Morgan fingerprint density at radius 1 is 1.00 bits per heavy atom. The van der Waals surface area contributed by atoms with Crippen LogP contribution < -0.4 is 14.9 Å². The predicted octanol–water partition coefficient (Wildman–Crippen LogP) is 7.89. The van der Waals surface area contributed by atoms with Gasteiger partial charge in [0.1, 0.15) is 27.9 Å². The lowest BCUT2D eigenvalue weighted by atomic mass is 9.82. The molecule has 2 aromatic heterocycles. The van der Waals surface area contributed by atoms with Crippen LogP contribution in [0.25, 0.3) is 0 Å². The second-order valence-corrected chi connectivity index (χ2v) is 17.4. The fraction of sp³-hybridized carbons (Fsp3) is 0.410. The van der Waals surface area contributed by atoms with Gasteiger partial charge in [0.25, 0.3) is 5.91 Å². The molecule has 11 nitrogen and oxygen atoms in total. The molecule has 2 aromatic carbocycles. The van der Waals surface area contributed by atoms with E-state index in [2.05, 4.69) is 20.1 Å². The smallest absolute Gasteiger partial charge is 0.436 e. The number of carbonyl (C=O) groups is 2. The third kappa shape index (κ3) is 10.0. The molecule has 2 N–H and O–H groups in total. The van der Waals surface area contributed by atoms with Gasteiger partial charge in [-0.1, -0.05) is 60.2 Å². The van der Waals surface area contributed by atoms with Gasteiger partial charge in [-0.05, 0) is 95.7 Å². The van der Waals surface area contributed by atoms with Crippen molar-refractivity contribution in [3.8, 4) is 6.07 Å². The van der Waals surface area contributed by atoms with Crippen molar-refractivity contribution >= 4 is 29.0 Å². The van der Waals surface area contributed by atoms with Crippen LogP contribution >= 0.6 is 0 Å². The van der Waals surface area contributed by atoms with Gasteiger partial charge >= 0.3 is 12.3 Å². The second-order valence-electron chi connectivity index (χ2n) is 15.4. The number of nitriles is 1. The van der Waals surface area contributed by atoms with Gasteiger partial charge < -0.3 is 9.87 Å². The number of alkyl halides is 3. The highest BCUT2D eigenvalue weighted by Crippen LogP contribution is 2.43. The van der Waals surface area contributed by atoms with Crippen LogP contribution in [0.5, 0.6) is 0 Å². The highest BCUT2D eigenvalue weighted by atomic mass is 32.2. The van der Waals surface area contributed by atoms with Gasteiger partial charge in [0.2, 0.25) is 0 Å². The first-order chi connectivity index (χ1) is 25.7. The number of pyridine rings is 1. The number of nitrogens with zero attached hydrogens (tertiary/aromatic N) is 5. The molecular formula is C39H43F4N7O4S. The van der Waals surface area contributed by atoms with Crippen molar-refractivity contribution in [1.29, 1.82) is 5.26 Å². The summed E-state index contributed by atoms with van der Waals surface area (Å²) in [6.45, 7) is 10.4. The summed E-state index contributed by atoms with van der Waals surface area (Å²) in [5.41, 5.74) is -3.60. The Bertz CT molecular complexity index is 2050. The van der Waals surface area contributed by atoms with Crippen LogP contribution in [0.3, 0.4) is 0 Å². The van der Waals surface area contributed by atoms with E-state index in [0.29, 0.717) is 41.6 Å². The zero-order chi connectivity index (χ0) is 40.3. The lowest BCUT2D eigenvalue weighted by Crippen LogP contribution is -2.52. The van der Waals surface area contributed by atoms with Gasteiger partial charge in [-0.2, -0.15) is 18.4 Å². The van der Waals surface area contributed by atoms with Gasteiger partial charge in [-0.3, -0.25) is 14.5 Å². The van der Waals surface area contributed by atoms with Gasteiger partial charge in [0.05, 0.1) is 11.4 Å². The normalized spacial score (nSPS) is 15.1. The molecular weight excluding hydrogens is 739 g/mol. The summed E-state index contributed by atoms with van der Waals surface area (Å²) in [5, 5.41) is 15.4. The molecule has 1 fully saturated rings. The van der Waals surface area contributed by atoms with E-state index in [1.54, 1.807) is 84.0 Å². The van der Waals surface area contributed by atoms with E-state index in [0.717, 1.165) is 18.9 Å². The van der Waals surface area contributed by atoms with Crippen LogP contribution in [-0.2, 0) is 29.6 Å². The molecule has 0 radical (unpaired) electrons. The third-order valence-electron chi connectivity index (χ3n) is 9.04. The Morgan fingerprint density at radius 3 is 2.29 bits per heavy atom. The van der Waals surface area contributed by atoms with Crippen LogP contribution in [-0.4, -0.2) is 46.7 Å². The van der Waals surface area contributed by atoms with Gasteiger partial charge in [0, 0.05) is 29.5 Å². The zero-order valence-electron chi connectivity index (χ0n) is 31.3. The number of rotatable bonds is 12. The maximum absolute atomic E-state index is 15.6. The Hall–Kier alpha value is -4.98. The van der Waals surface area contributed by atoms with Crippen molar-refractivity contribution < 1.29 is 36.5 Å². The standard InChI is InChI=1S/C39H43F4N7O4S/c1-36(2,3)49(24-26-11-8-7-9-12-26)35(52)54-50-31(22-33(47-50)39(41,42)43)34(51)46-30-21-27(17-18-29(30)40)38(20-19-25-15-16-25,48-55(53)37(4,5)6)32-14-10-13-28(23-44)45-32/h7-14,17-18,21-22,25,48H,15-16,19-20,24H2,1-6H3,(H,46,51)/t38-,55?/m1/s1. The monoisotopic (exact) mass is 781 g/mol. The molecule has 292 valence electrons. The number of benzene rings is 2. The summed E-state index contributed by atoms with van der Waals surface area (Å²) in [5.74, 6) is -1.82. The summed E-state index contributed by atoms with van der Waals surface area (Å²) in [4.78, 5) is 38.6. The molecule has 1 aliphatic carbocycles. The molecule has 0 bridgehead atoms. The maximum atomic E-state index is 15.6. The maximum Gasteiger partial charge on any atom is 0.436 e. The number of anilines is 1. The van der Waals surface area contributed by atoms with E-state index in [-0.39, 0.29) is 17.1 Å². The number of nitrogens with one attached hydrogen (secondary N) is 2. The van der Waals surface area contributed by atoms with Crippen molar-refractivity contribution in [3.05, 3.63) is 113 Å². The van der Waals surface area contributed by atoms with Crippen LogP contribution in [0.2, 0.25) is 0 Å². The number of carbonyl (C=O) groups excluding carboxylic acids is 2. The quantitative estimate of drug-likeness (QED) is 0.109. The molecule has 5 rings (SSSR count). The molecule has 1 aliphatic rings. The number of hydrogen-bond acceptors (Lipinski definition) is 8. The fourth-order valence-electron chi connectivity index (χ4n) is 5.72. The first-order valence-corrected chi connectivity index (χ1v) is 18.8. The summed E-state index contributed by atoms with van der Waals surface area (Å²) in [7, 11) is 0. The number of halogens is 4. The highest BCUT2D eigenvalue weighted by molar-refractivity contribution is 7.90. The van der Waals surface area contributed by atoms with Gasteiger partial charge in [-0.25, -0.2) is 14.2 Å². The van der Waals surface area contributed by atoms with Crippen molar-refractivity contribution in [3.63, 3.8) is 0 Å². The van der Waals surface area contributed by atoms with Crippen molar-refractivity contribution in [2.75, 3.05) is 5.32 Å². The minimum absolute atomic E-state index is 0.0266. The summed E-state index contributed by atoms with van der Waals surface area (Å²) in [6.07, 6.45) is -3.16. The van der Waals surface area contributed by atoms with Gasteiger partial charge in [0.15, 0.2) is 11.4 Å². The molecule has 2 heterocycles. The lowest BCUT2D eigenvalue weighted by molar-refractivity contribution is -0.142. The van der Waals surface area contributed by atoms with Crippen molar-refractivity contribution in [2.45, 2.75) is 95.8 Å². The average Bonchev–Trinajstić information content (AvgIpc) is 3.85. The molecule has 2 amide bonds. The molecule has 1 saturated carbocycles. The van der Waals surface area contributed by atoms with Crippen LogP contribution in [0, 0.1) is 23.1 Å². The SMILES string of the molecule is CC(C)(C)N(Cc1ccccc1)C(=O)On1nc(C(F)(F)F)cc1C(=O)Nc1cc([C@@](CCC2CC2)(N[S+]([O-])C(C)(C)C)c2cccc(C#N)n2)ccc1F. The number of hydrogen-bond donors (Lipinski definition) is 2. The molecule has 4 aromatic rings. The van der Waals surface area contributed by atoms with E-state index in [1.165, 1.54) is 23.1 Å². The number of amides is 2. The Morgan fingerprint density at radius 2 is 1.69 bits per heavy atom. The van der Waals surface area contributed by atoms with E-state index in [4.69, 9.17) is 4.84 Å². The Balaban J connectivity index is 1.55. The molecule has 2 atom stereocenters. The van der Waals surface area contributed by atoms with Crippen LogP contribution in [0.4, 0.5) is 28.0 Å². The van der Waals surface area contributed by atoms with E-state index < -0.39 is 68.3 Å². The van der Waals surface area contributed by atoms with Crippen molar-refractivity contribution in [1.82, 2.24) is 24.5 Å². The van der Waals surface area contributed by atoms with E-state index in [1.807, 2.05) is 6.07 Å². The average molecular weight is 782 g/mol. The zero-order valence-corrected chi connectivity index (χ0v) is 32.1. The fourth-order valence-corrected chi connectivity index (χ4v) is 6.67. The Labute approximate surface area is 320 Å². The summed E-state index contributed by atoms with van der Waals surface area (Å²) < 4.78 is 73.7. The molecule has 16 heteroatoms. The largest absolute Gasteiger partial charge is 0.598 e. The highest BCUT2D eigenvalue weighted by Gasteiger charge is 2.45. The predicted molar refractivity (Wildman–Crippen MR) is 198 cm³/mol. The molecule has 1 unspecified atom stereocenters. The first-order valence-electron chi connectivity index (χ1n) is 17.6. The molecule has 55 heavy (non-hydrogen) atoms. The minimum Gasteiger partial charge on any atom is -0.598 e. The third-order valence-corrected chi connectivity index (χ3v) is 10.7. The molecule has 0 spiro atoms. The topological polar surface area (TPSA) is 148 Å². The van der Waals surface area contributed by atoms with Crippen molar-refractivity contribution in [2.24, 2.45) is 5.92 Å². The van der Waals surface area contributed by atoms with E-state index in [9.17, 15) is 32.6 Å². The first kappa shape index (κ1) is 41.2. The number of aromatic nitrogens is 3. The summed E-state index contributed by atoms with van der Waals surface area (Å²) >= 11 is -1.73. The molecule has 0 saturated heterocycles. The summed E-state index contributed by atoms with van der Waals surface area (Å²) in [6, 6.07) is 19.8. The lowest BCUT2D eigenvalue weighted by Gasteiger charge is -2.38. The second kappa shape index (κ2) is 16.0. The molecule has 0 aliphatic heterocycles. The Kier molecular flexibility index (Phi) is 12.0. The van der Waals surface area contributed by atoms with Crippen LogP contribution in [0.1, 0.15) is 106 Å². The van der Waals surface area contributed by atoms with E-state index >= 15 is 4.39 Å². The minimum atomic E-state index is -5.04. The van der Waals surface area contributed by atoms with Crippen LogP contribution in [0.15, 0.2) is 72.8 Å². The van der Waals surface area contributed by atoms with Gasteiger partial charge in [-0.15, -0.1) is 9.82 Å².